The van der Waals surface area contributed by atoms with Crippen LogP contribution in [0.5, 0.6) is 11.5 Å². The van der Waals surface area contributed by atoms with Gasteiger partial charge in [0.1, 0.15) is 23.6 Å². The highest BCUT2D eigenvalue weighted by Gasteiger charge is 2.35. The number of rotatable bonds is 11. The van der Waals surface area contributed by atoms with Crippen LogP contribution < -0.4 is 9.47 Å². The molecule has 1 atom stereocenters. The fourth-order valence-corrected chi connectivity index (χ4v) is 5.00. The third-order valence-electron chi connectivity index (χ3n) is 6.49. The van der Waals surface area contributed by atoms with E-state index in [0.717, 1.165) is 40.8 Å². The zero-order chi connectivity index (χ0) is 27.3. The van der Waals surface area contributed by atoms with Gasteiger partial charge < -0.3 is 19.5 Å². The van der Waals surface area contributed by atoms with Crippen LogP contribution in [0.15, 0.2) is 66.7 Å². The third kappa shape index (κ3) is 7.51. The van der Waals surface area contributed by atoms with Crippen molar-refractivity contribution in [2.45, 2.75) is 64.7 Å². The first-order valence-corrected chi connectivity index (χ1v) is 13.3. The number of aryl methyl sites for hydroxylation is 1. The lowest BCUT2D eigenvalue weighted by Crippen LogP contribution is -2.35. The van der Waals surface area contributed by atoms with Crippen molar-refractivity contribution < 1.29 is 24.2 Å². The number of nitrogens with zero attached hydrogens (tertiary/aromatic N) is 1. The molecule has 1 aliphatic heterocycles. The van der Waals surface area contributed by atoms with Crippen LogP contribution >= 0.6 is 11.6 Å². The summed E-state index contributed by atoms with van der Waals surface area (Å²) in [7, 11) is 0. The average Bonchev–Trinajstić information content (AvgIpc) is 3.18. The molecule has 6 nitrogen and oxygen atoms in total. The molecule has 0 fully saturated rings. The van der Waals surface area contributed by atoms with Crippen molar-refractivity contribution in [2.24, 2.45) is 0 Å². The van der Waals surface area contributed by atoms with Gasteiger partial charge in [0.2, 0.25) is 5.91 Å². The lowest BCUT2D eigenvalue weighted by atomic mass is 9.91. The van der Waals surface area contributed by atoms with Gasteiger partial charge in [-0.2, -0.15) is 0 Å². The molecule has 0 saturated heterocycles. The number of carbonyl (C=O) groups excluding carboxylic acids is 1. The highest BCUT2D eigenvalue weighted by Crippen LogP contribution is 2.37. The number of fused-ring (bicyclic) bond motifs is 1. The molecule has 1 N–H and O–H groups in total. The van der Waals surface area contributed by atoms with Crippen molar-refractivity contribution in [1.82, 2.24) is 4.90 Å². The minimum atomic E-state index is -1.04. The number of carboxylic acid groups (broad SMARTS) is 1. The van der Waals surface area contributed by atoms with Crippen LogP contribution in [0.1, 0.15) is 49.4 Å². The molecule has 200 valence electrons. The van der Waals surface area contributed by atoms with Gasteiger partial charge in [-0.15, -0.1) is 0 Å². The van der Waals surface area contributed by atoms with E-state index in [4.69, 9.17) is 21.1 Å². The summed E-state index contributed by atoms with van der Waals surface area (Å²) in [5.74, 6) is 0.325. The molecule has 7 heteroatoms. The summed E-state index contributed by atoms with van der Waals surface area (Å²) in [6.45, 7) is 5.85. The Morgan fingerprint density at radius 3 is 2.50 bits per heavy atom. The predicted molar refractivity (Wildman–Crippen MR) is 148 cm³/mol. The standard InChI is InChI=1S/C31H34ClNO5/c1-21(2)37-27-6-4-5-24(16-27)19-33(20-30(35)36)29(34)14-10-22-9-13-28-25(15-22)18-31(3,38-28)17-23-7-11-26(32)12-8-23/h4-9,11-13,15-16,21H,10,14,17-20H2,1-3H3,(H,35,36). The number of hydrogen-bond donors (Lipinski definition) is 1. The first-order valence-electron chi connectivity index (χ1n) is 12.9. The van der Waals surface area contributed by atoms with Crippen molar-refractivity contribution in [3.8, 4) is 11.5 Å². The van der Waals surface area contributed by atoms with Gasteiger partial charge in [0.05, 0.1) is 6.10 Å². The molecule has 1 heterocycles. The van der Waals surface area contributed by atoms with E-state index >= 15 is 0 Å². The van der Waals surface area contributed by atoms with E-state index in [2.05, 4.69) is 13.0 Å². The van der Waals surface area contributed by atoms with Gasteiger partial charge in [0.25, 0.3) is 0 Å². The van der Waals surface area contributed by atoms with E-state index in [9.17, 15) is 14.7 Å². The largest absolute Gasteiger partial charge is 0.491 e. The third-order valence-corrected chi connectivity index (χ3v) is 6.74. The average molecular weight is 536 g/mol. The van der Waals surface area contributed by atoms with Crippen LogP contribution in [0.3, 0.4) is 0 Å². The monoisotopic (exact) mass is 535 g/mol. The number of aliphatic carboxylic acids is 1. The molecule has 0 aliphatic carbocycles. The van der Waals surface area contributed by atoms with Gasteiger partial charge >= 0.3 is 5.97 Å². The summed E-state index contributed by atoms with van der Waals surface area (Å²) >= 11 is 6.02. The lowest BCUT2D eigenvalue weighted by molar-refractivity contribution is -0.144. The van der Waals surface area contributed by atoms with E-state index in [0.29, 0.717) is 17.2 Å². The number of carbonyl (C=O) groups is 2. The SMILES string of the molecule is CC(C)Oc1cccc(CN(CC(=O)O)C(=O)CCc2ccc3c(c2)CC(C)(Cc2ccc(Cl)cc2)O3)c1. The molecule has 0 spiro atoms. The second kappa shape index (κ2) is 11.9. The fourth-order valence-electron chi connectivity index (χ4n) is 4.88. The molecule has 1 aliphatic rings. The minimum Gasteiger partial charge on any atom is -0.491 e. The predicted octanol–water partition coefficient (Wildman–Crippen LogP) is 6.11. The van der Waals surface area contributed by atoms with E-state index < -0.39 is 5.97 Å². The summed E-state index contributed by atoms with van der Waals surface area (Å²) in [5, 5.41) is 10.1. The molecule has 4 rings (SSSR count). The maximum absolute atomic E-state index is 13.1. The van der Waals surface area contributed by atoms with E-state index in [1.165, 1.54) is 4.90 Å². The molecule has 0 radical (unpaired) electrons. The molecule has 0 aromatic heterocycles. The first kappa shape index (κ1) is 27.5. The van der Waals surface area contributed by atoms with E-state index in [-0.39, 0.29) is 37.1 Å². The topological polar surface area (TPSA) is 76.1 Å². The summed E-state index contributed by atoms with van der Waals surface area (Å²) in [6.07, 6.45) is 2.30. The molecule has 38 heavy (non-hydrogen) atoms. The summed E-state index contributed by atoms with van der Waals surface area (Å²) in [5.41, 5.74) is 3.79. The Bertz CT molecular complexity index is 1290. The molecular formula is C31H34ClNO5. The second-order valence-corrected chi connectivity index (χ2v) is 10.9. The summed E-state index contributed by atoms with van der Waals surface area (Å²) in [4.78, 5) is 26.0. The number of benzene rings is 3. The van der Waals surface area contributed by atoms with Gasteiger partial charge in [-0.3, -0.25) is 9.59 Å². The molecule has 0 bridgehead atoms. The Morgan fingerprint density at radius 2 is 1.79 bits per heavy atom. The Morgan fingerprint density at radius 1 is 1.05 bits per heavy atom. The molecule has 1 unspecified atom stereocenters. The maximum atomic E-state index is 13.1. The Balaban J connectivity index is 1.38. The van der Waals surface area contributed by atoms with Crippen molar-refractivity contribution in [2.75, 3.05) is 6.54 Å². The first-order chi connectivity index (χ1) is 18.1. The second-order valence-electron chi connectivity index (χ2n) is 10.4. The van der Waals surface area contributed by atoms with Gasteiger partial charge in [-0.25, -0.2) is 0 Å². The smallest absolute Gasteiger partial charge is 0.323 e. The van der Waals surface area contributed by atoms with Gasteiger partial charge in [0.15, 0.2) is 0 Å². The molecule has 3 aromatic carbocycles. The Kier molecular flexibility index (Phi) is 8.62. The Hall–Kier alpha value is -3.51. The molecule has 1 amide bonds. The van der Waals surface area contributed by atoms with Crippen LogP contribution in [0, 0.1) is 0 Å². The van der Waals surface area contributed by atoms with Crippen LogP contribution in [0.4, 0.5) is 0 Å². The summed E-state index contributed by atoms with van der Waals surface area (Å²) < 4.78 is 12.0. The molecule has 0 saturated carbocycles. The normalized spacial score (nSPS) is 16.1. The fraction of sp³-hybridized carbons (Fsp3) is 0.355. The molecular weight excluding hydrogens is 502 g/mol. The lowest BCUT2D eigenvalue weighted by Gasteiger charge is -2.24. The van der Waals surface area contributed by atoms with Crippen LogP contribution in [-0.4, -0.2) is 40.1 Å². The maximum Gasteiger partial charge on any atom is 0.323 e. The van der Waals surface area contributed by atoms with Crippen LogP contribution in [0.2, 0.25) is 5.02 Å². The summed E-state index contributed by atoms with van der Waals surface area (Å²) in [6, 6.07) is 21.3. The molecule has 3 aromatic rings. The van der Waals surface area contributed by atoms with E-state index in [1.54, 1.807) is 0 Å². The Labute approximate surface area is 229 Å². The van der Waals surface area contributed by atoms with Crippen molar-refractivity contribution in [3.63, 3.8) is 0 Å². The highest BCUT2D eigenvalue weighted by molar-refractivity contribution is 6.30. The number of halogens is 1. The number of amides is 1. The van der Waals surface area contributed by atoms with Crippen molar-refractivity contribution in [3.05, 3.63) is 94.0 Å². The van der Waals surface area contributed by atoms with Gasteiger partial charge in [0, 0.05) is 30.8 Å². The zero-order valence-corrected chi connectivity index (χ0v) is 22.8. The van der Waals surface area contributed by atoms with Gasteiger partial charge in [-0.1, -0.05) is 48.0 Å². The van der Waals surface area contributed by atoms with Crippen molar-refractivity contribution >= 4 is 23.5 Å². The number of ether oxygens (including phenoxy) is 2. The van der Waals surface area contributed by atoms with Gasteiger partial charge in [-0.05, 0) is 79.8 Å². The number of carboxylic acids is 1. The minimum absolute atomic E-state index is 0.0232. The quantitative estimate of drug-likeness (QED) is 0.320. The van der Waals surface area contributed by atoms with Crippen molar-refractivity contribution in [1.29, 1.82) is 0 Å². The van der Waals surface area contributed by atoms with Crippen LogP contribution in [-0.2, 0) is 35.4 Å². The van der Waals surface area contributed by atoms with Crippen LogP contribution in [0.25, 0.3) is 0 Å². The number of hydrogen-bond acceptors (Lipinski definition) is 4. The highest BCUT2D eigenvalue weighted by atomic mass is 35.5. The zero-order valence-electron chi connectivity index (χ0n) is 22.1. The van der Waals surface area contributed by atoms with E-state index in [1.807, 2.05) is 74.5 Å².